The number of nitrogens with two attached hydrogens (primary N) is 2. The molecule has 5 aromatic carbocycles. The van der Waals surface area contributed by atoms with Crippen molar-refractivity contribution in [1.82, 2.24) is 4.98 Å². The van der Waals surface area contributed by atoms with Crippen LogP contribution in [0, 0.1) is 41.5 Å². The zero-order valence-electron chi connectivity index (χ0n) is 38.7. The van der Waals surface area contributed by atoms with Crippen molar-refractivity contribution in [3.05, 3.63) is 130 Å². The lowest BCUT2D eigenvalue weighted by Gasteiger charge is -2.10. The summed E-state index contributed by atoms with van der Waals surface area (Å²) < 4.78 is 16.0. The van der Waals surface area contributed by atoms with Gasteiger partial charge in [-0.1, -0.05) is 18.2 Å². The molecule has 0 fully saturated rings. The highest BCUT2D eigenvalue weighted by Gasteiger charge is 2.12. The van der Waals surface area contributed by atoms with Crippen LogP contribution in [0.1, 0.15) is 33.4 Å². The van der Waals surface area contributed by atoms with Crippen molar-refractivity contribution in [2.75, 3.05) is 76.5 Å². The van der Waals surface area contributed by atoms with Gasteiger partial charge in [-0.2, -0.15) is 5.90 Å². The average molecular weight is 861 g/mol. The monoisotopic (exact) mass is 860 g/mol. The summed E-state index contributed by atoms with van der Waals surface area (Å²) in [5.41, 5.74) is 19.6. The zero-order chi connectivity index (χ0) is 46.8. The summed E-state index contributed by atoms with van der Waals surface area (Å²) in [5.74, 6) is 8.01. The summed E-state index contributed by atoms with van der Waals surface area (Å²) in [4.78, 5) is 13.4. The molecule has 14 nitrogen and oxygen atoms in total. The van der Waals surface area contributed by atoms with E-state index in [9.17, 15) is 5.11 Å². The third kappa shape index (κ3) is 14.1. The Morgan fingerprint density at radius 2 is 1.11 bits per heavy atom. The molecule has 0 unspecified atom stereocenters. The Balaban J connectivity index is 0.000000217. The maximum atomic E-state index is 9.30. The normalized spacial score (nSPS) is 10.3. The van der Waals surface area contributed by atoms with Gasteiger partial charge in [-0.25, -0.2) is 4.98 Å². The van der Waals surface area contributed by atoms with Crippen LogP contribution in [-0.2, 0) is 0 Å². The van der Waals surface area contributed by atoms with E-state index in [1.165, 1.54) is 5.56 Å². The maximum Gasteiger partial charge on any atom is 0.188 e. The summed E-state index contributed by atoms with van der Waals surface area (Å²) in [5, 5.41) is 31.4. The summed E-state index contributed by atoms with van der Waals surface area (Å²) in [7, 11) is 12.5. The molecule has 10 N–H and O–H groups in total. The van der Waals surface area contributed by atoms with Crippen LogP contribution in [0.3, 0.4) is 0 Å². The van der Waals surface area contributed by atoms with Crippen LogP contribution in [-0.4, -0.2) is 64.7 Å². The van der Waals surface area contributed by atoms with Crippen LogP contribution in [0.5, 0.6) is 28.7 Å². The predicted octanol–water partition coefficient (Wildman–Crippen LogP) is 9.49. The van der Waals surface area contributed by atoms with Gasteiger partial charge in [0, 0.05) is 100 Å². The summed E-state index contributed by atoms with van der Waals surface area (Å²) in [6.07, 6.45) is 0. The van der Waals surface area contributed by atoms with Gasteiger partial charge >= 0.3 is 0 Å². The molecule has 0 saturated heterocycles. The molecule has 1 aliphatic heterocycles. The minimum absolute atomic E-state index is 0.0347. The maximum absolute atomic E-state index is 9.30. The summed E-state index contributed by atoms with van der Waals surface area (Å²) in [6.45, 7) is 12.0. The lowest BCUT2D eigenvalue weighted by Crippen LogP contribution is -2.07. The topological polar surface area (TPSA) is 207 Å². The number of phenolic OH excluding ortho intramolecular Hbond substituents is 2. The Morgan fingerprint density at radius 1 is 0.587 bits per heavy atom. The molecule has 1 aliphatic carbocycles. The number of phenols is 2. The molecule has 0 aromatic heterocycles. The second kappa shape index (κ2) is 24.2. The van der Waals surface area contributed by atoms with Crippen molar-refractivity contribution >= 4 is 39.5 Å². The summed E-state index contributed by atoms with van der Waals surface area (Å²) in [6, 6.07) is 28.1. The van der Waals surface area contributed by atoms with E-state index in [4.69, 9.17) is 30.6 Å². The number of nitrogens with zero attached hydrogens (tertiary/aromatic N) is 2. The van der Waals surface area contributed by atoms with Crippen LogP contribution in [0.4, 0.5) is 28.4 Å². The van der Waals surface area contributed by atoms with Crippen molar-refractivity contribution in [3.63, 3.8) is 0 Å². The molecule has 0 amide bonds. The second-order valence-electron chi connectivity index (χ2n) is 14.3. The number of aromatic nitrogens is 1. The first-order valence-corrected chi connectivity index (χ1v) is 20.1. The Bertz CT molecular complexity index is 2580. The van der Waals surface area contributed by atoms with E-state index in [1.54, 1.807) is 52.6 Å². The molecule has 5 aromatic rings. The SMILES string of the molecule is CN=c1cc2oc3cc(NC)c(C)cc3nc-2cc1C.CNc1cc(O)c(ON)cc1C.CNc1cc(O)ccc1C.CNc1cc(OC)ccc1C.COc1ccc(C)c(N)c1. The number of aromatic hydroxyl groups is 2. The highest BCUT2D eigenvalue weighted by Crippen LogP contribution is 2.31. The summed E-state index contributed by atoms with van der Waals surface area (Å²) >= 11 is 0. The Morgan fingerprint density at radius 3 is 1.65 bits per heavy atom. The van der Waals surface area contributed by atoms with Crippen LogP contribution in [0.15, 0.2) is 100 Å². The molecule has 1 heterocycles. The Hall–Kier alpha value is -7.32. The van der Waals surface area contributed by atoms with Crippen molar-refractivity contribution in [3.8, 4) is 40.2 Å². The average Bonchev–Trinajstić information content (AvgIpc) is 3.28. The van der Waals surface area contributed by atoms with E-state index in [2.05, 4.69) is 49.9 Å². The first-order valence-electron chi connectivity index (χ1n) is 20.1. The molecule has 0 saturated carbocycles. The highest BCUT2D eigenvalue weighted by atomic mass is 16.6. The molecular weight excluding hydrogens is 797 g/mol. The molecule has 14 heteroatoms. The van der Waals surface area contributed by atoms with E-state index in [0.29, 0.717) is 5.75 Å². The molecule has 2 aliphatic rings. The number of ether oxygens (including phenoxy) is 2. The third-order valence-electron chi connectivity index (χ3n) is 9.95. The van der Waals surface area contributed by atoms with E-state index < -0.39 is 0 Å². The van der Waals surface area contributed by atoms with Gasteiger partial charge in [0.25, 0.3) is 0 Å². The molecular formula is C49H64N8O6. The van der Waals surface area contributed by atoms with Gasteiger partial charge in [-0.3, -0.25) is 4.99 Å². The number of aryl methyl sites for hydroxylation is 6. The van der Waals surface area contributed by atoms with Crippen molar-refractivity contribution < 1.29 is 28.9 Å². The number of fused-ring (bicyclic) bond motifs is 2. The van der Waals surface area contributed by atoms with Crippen LogP contribution < -0.4 is 52.6 Å². The van der Waals surface area contributed by atoms with Crippen LogP contribution in [0.25, 0.3) is 22.6 Å². The fraction of sp³-hybridized carbons (Fsp3) is 0.265. The molecule has 0 atom stereocenters. The minimum atomic E-state index is 0.0347. The fourth-order valence-corrected chi connectivity index (χ4v) is 6.09. The van der Waals surface area contributed by atoms with Gasteiger partial charge in [0.2, 0.25) is 0 Å². The molecule has 7 rings (SSSR count). The van der Waals surface area contributed by atoms with Crippen molar-refractivity contribution in [2.45, 2.75) is 41.5 Å². The largest absolute Gasteiger partial charge is 0.508 e. The Labute approximate surface area is 371 Å². The zero-order valence-corrected chi connectivity index (χ0v) is 38.7. The Kier molecular flexibility index (Phi) is 19.2. The first kappa shape index (κ1) is 50.0. The minimum Gasteiger partial charge on any atom is -0.508 e. The van der Waals surface area contributed by atoms with E-state index in [-0.39, 0.29) is 11.5 Å². The predicted molar refractivity (Wildman–Crippen MR) is 260 cm³/mol. The number of nitrogen functional groups attached to an aromatic ring is 1. The van der Waals surface area contributed by atoms with Crippen LogP contribution in [0.2, 0.25) is 0 Å². The lowest BCUT2D eigenvalue weighted by molar-refractivity contribution is 0.312. The second-order valence-corrected chi connectivity index (χ2v) is 14.3. The van der Waals surface area contributed by atoms with E-state index >= 15 is 0 Å². The van der Waals surface area contributed by atoms with Gasteiger partial charge in [-0.15, -0.1) is 0 Å². The van der Waals surface area contributed by atoms with Crippen molar-refractivity contribution in [2.24, 2.45) is 10.9 Å². The molecule has 336 valence electrons. The quantitative estimate of drug-likeness (QED) is 0.0428. The highest BCUT2D eigenvalue weighted by molar-refractivity contribution is 5.81. The number of hydrogen-bond donors (Lipinski definition) is 8. The number of methoxy groups -OCH3 is 2. The smallest absolute Gasteiger partial charge is 0.188 e. The van der Waals surface area contributed by atoms with Crippen molar-refractivity contribution in [1.29, 1.82) is 0 Å². The number of rotatable bonds is 7. The molecule has 0 radical (unpaired) electrons. The standard InChI is InChI=1S/C16H17N3O.C9H13NO.C8H12N2O2.2C8H11NO/c1-9-5-13-15(7-11(9)17-3)20-16-8-12(18-4)10(2)6-14(16)19-13;1-7-4-5-8(11-3)6-9(7)10-2;1-5-3-8(12-9)7(11)4-6(5)10-2;1-6-3-4-7(10-2)5-8(6)9;1-6-3-4-7(10)5-8(6)9-2/h5-8,17H,1-4H3;4-6,10H,1-3H3;3-4,10-11H,9H2,1-2H3;3-5H,9H2,1-2H3;3-5,9-10H,1-2H3. The van der Waals surface area contributed by atoms with Gasteiger partial charge in [0.1, 0.15) is 28.5 Å². The molecule has 0 bridgehead atoms. The number of anilines is 5. The van der Waals surface area contributed by atoms with Gasteiger partial charge in [0.05, 0.1) is 19.6 Å². The van der Waals surface area contributed by atoms with Gasteiger partial charge < -0.3 is 55.9 Å². The van der Waals surface area contributed by atoms with E-state index in [1.807, 2.05) is 116 Å². The van der Waals surface area contributed by atoms with Crippen LogP contribution >= 0.6 is 0 Å². The van der Waals surface area contributed by atoms with Gasteiger partial charge in [0.15, 0.2) is 22.8 Å². The lowest BCUT2D eigenvalue weighted by atomic mass is 10.1. The third-order valence-corrected chi connectivity index (χ3v) is 9.95. The number of benzene rings is 6. The molecule has 0 spiro atoms. The van der Waals surface area contributed by atoms with E-state index in [0.717, 1.165) is 95.7 Å². The number of hydrogen-bond acceptors (Lipinski definition) is 14. The fourth-order valence-electron chi connectivity index (χ4n) is 6.09. The van der Waals surface area contributed by atoms with Gasteiger partial charge in [-0.05, 0) is 111 Å². The first-order chi connectivity index (χ1) is 30.0. The number of nitrogens with one attached hydrogen (secondary N) is 4. The molecule has 63 heavy (non-hydrogen) atoms.